The van der Waals surface area contributed by atoms with Crippen LogP contribution in [0, 0.1) is 11.7 Å². The largest absolute Gasteiger partial charge is 0.341 e. The fraction of sp³-hybridized carbons (Fsp3) is 0.417. The number of hydrogen-bond acceptors (Lipinski definition) is 1. The maximum absolute atomic E-state index is 13.0. The molecule has 0 atom stereocenters. The first-order chi connectivity index (χ1) is 7.41. The van der Waals surface area contributed by atoms with E-state index >= 15 is 0 Å². The summed E-state index contributed by atoms with van der Waals surface area (Å²) < 4.78 is 13.7. The van der Waals surface area contributed by atoms with Crippen molar-refractivity contribution < 1.29 is 9.18 Å². The number of nitrogens with zero attached hydrogens (tertiary/aromatic N) is 1. The van der Waals surface area contributed by atoms with Crippen LogP contribution in [0.5, 0.6) is 0 Å². The van der Waals surface area contributed by atoms with Gasteiger partial charge in [-0.05, 0) is 40.0 Å². The minimum absolute atomic E-state index is 0.167. The van der Waals surface area contributed by atoms with Gasteiger partial charge in [-0.25, -0.2) is 4.39 Å². The maximum atomic E-state index is 13.0. The molecule has 16 heavy (non-hydrogen) atoms. The summed E-state index contributed by atoms with van der Waals surface area (Å²) in [5, 5.41) is 0. The molecule has 0 unspecified atom stereocenters. The average molecular weight is 288 g/mol. The number of carbonyl (C=O) groups is 1. The van der Waals surface area contributed by atoms with Crippen molar-refractivity contribution in [2.45, 2.75) is 13.8 Å². The van der Waals surface area contributed by atoms with Crippen LogP contribution in [0.25, 0.3) is 0 Å². The fourth-order valence-corrected chi connectivity index (χ4v) is 1.91. The van der Waals surface area contributed by atoms with Gasteiger partial charge in [0, 0.05) is 18.1 Å². The third kappa shape index (κ3) is 3.30. The molecule has 1 rings (SSSR count). The number of amides is 1. The zero-order chi connectivity index (χ0) is 12.3. The fourth-order valence-electron chi connectivity index (χ4n) is 1.50. The summed E-state index contributed by atoms with van der Waals surface area (Å²) in [5.41, 5.74) is 0.364. The van der Waals surface area contributed by atoms with E-state index in [-0.39, 0.29) is 5.91 Å². The molecule has 0 radical (unpaired) electrons. The highest BCUT2D eigenvalue weighted by molar-refractivity contribution is 9.10. The van der Waals surface area contributed by atoms with Crippen molar-refractivity contribution in [1.82, 2.24) is 4.90 Å². The Morgan fingerprint density at radius 3 is 2.69 bits per heavy atom. The van der Waals surface area contributed by atoms with Crippen LogP contribution in [0.15, 0.2) is 22.7 Å². The molecule has 0 heterocycles. The number of halogens is 2. The molecule has 88 valence electrons. The van der Waals surface area contributed by atoms with Gasteiger partial charge in [0.1, 0.15) is 5.82 Å². The van der Waals surface area contributed by atoms with E-state index in [1.165, 1.54) is 12.1 Å². The molecular weight excluding hydrogens is 273 g/mol. The molecule has 0 saturated heterocycles. The zero-order valence-corrected chi connectivity index (χ0v) is 11.2. The van der Waals surface area contributed by atoms with Crippen LogP contribution < -0.4 is 0 Å². The van der Waals surface area contributed by atoms with Crippen LogP contribution in [-0.4, -0.2) is 24.4 Å². The molecule has 0 aliphatic heterocycles. The van der Waals surface area contributed by atoms with Crippen LogP contribution in [0.2, 0.25) is 0 Å². The number of rotatable bonds is 3. The molecule has 0 aliphatic rings. The molecule has 1 aromatic carbocycles. The van der Waals surface area contributed by atoms with Gasteiger partial charge in [0.25, 0.3) is 5.91 Å². The van der Waals surface area contributed by atoms with Crippen molar-refractivity contribution in [1.29, 1.82) is 0 Å². The van der Waals surface area contributed by atoms with Crippen molar-refractivity contribution >= 4 is 21.8 Å². The van der Waals surface area contributed by atoms with E-state index in [0.717, 1.165) is 0 Å². The summed E-state index contributed by atoms with van der Waals surface area (Å²) in [4.78, 5) is 13.6. The summed E-state index contributed by atoms with van der Waals surface area (Å²) in [7, 11) is 1.72. The third-order valence-corrected chi connectivity index (χ3v) is 2.84. The van der Waals surface area contributed by atoms with E-state index in [4.69, 9.17) is 0 Å². The first-order valence-corrected chi connectivity index (χ1v) is 5.91. The lowest BCUT2D eigenvalue weighted by Gasteiger charge is -2.20. The van der Waals surface area contributed by atoms with Crippen molar-refractivity contribution in [2.24, 2.45) is 5.92 Å². The number of benzene rings is 1. The molecule has 1 amide bonds. The van der Waals surface area contributed by atoms with Gasteiger partial charge in [-0.2, -0.15) is 0 Å². The van der Waals surface area contributed by atoms with Gasteiger partial charge in [-0.1, -0.05) is 13.8 Å². The SMILES string of the molecule is CC(C)CN(C)C(=O)c1cc(F)ccc1Br. The van der Waals surface area contributed by atoms with E-state index in [0.29, 0.717) is 22.5 Å². The quantitative estimate of drug-likeness (QED) is 0.835. The molecule has 0 saturated carbocycles. The van der Waals surface area contributed by atoms with Crippen molar-refractivity contribution in [3.05, 3.63) is 34.1 Å². The standard InChI is InChI=1S/C12H15BrFNO/c1-8(2)7-15(3)12(16)10-6-9(14)4-5-11(10)13/h4-6,8H,7H2,1-3H3. The van der Waals surface area contributed by atoms with Gasteiger partial charge in [0.15, 0.2) is 0 Å². The van der Waals surface area contributed by atoms with E-state index in [1.807, 2.05) is 13.8 Å². The van der Waals surface area contributed by atoms with Crippen LogP contribution in [-0.2, 0) is 0 Å². The monoisotopic (exact) mass is 287 g/mol. The third-order valence-electron chi connectivity index (χ3n) is 2.14. The predicted octanol–water partition coefficient (Wildman–Crippen LogP) is 3.32. The molecule has 0 aromatic heterocycles. The minimum Gasteiger partial charge on any atom is -0.341 e. The molecule has 2 nitrogen and oxygen atoms in total. The maximum Gasteiger partial charge on any atom is 0.254 e. The number of carbonyl (C=O) groups excluding carboxylic acids is 1. The normalized spacial score (nSPS) is 10.6. The van der Waals surface area contributed by atoms with Gasteiger partial charge < -0.3 is 4.90 Å². The van der Waals surface area contributed by atoms with Gasteiger partial charge >= 0.3 is 0 Å². The van der Waals surface area contributed by atoms with Crippen LogP contribution in [0.4, 0.5) is 4.39 Å². The van der Waals surface area contributed by atoms with E-state index in [9.17, 15) is 9.18 Å². The smallest absolute Gasteiger partial charge is 0.254 e. The lowest BCUT2D eigenvalue weighted by Crippen LogP contribution is -2.30. The van der Waals surface area contributed by atoms with Gasteiger partial charge in [0.2, 0.25) is 0 Å². The summed E-state index contributed by atoms with van der Waals surface area (Å²) in [6.07, 6.45) is 0. The highest BCUT2D eigenvalue weighted by Crippen LogP contribution is 2.19. The summed E-state index contributed by atoms with van der Waals surface area (Å²) in [6, 6.07) is 4.12. The zero-order valence-electron chi connectivity index (χ0n) is 9.63. The highest BCUT2D eigenvalue weighted by atomic mass is 79.9. The van der Waals surface area contributed by atoms with Gasteiger partial charge in [0.05, 0.1) is 5.56 Å². The first kappa shape index (κ1) is 13.2. The highest BCUT2D eigenvalue weighted by Gasteiger charge is 2.16. The Hall–Kier alpha value is -0.900. The molecule has 0 spiro atoms. The molecule has 0 N–H and O–H groups in total. The van der Waals surface area contributed by atoms with Crippen molar-refractivity contribution in [3.63, 3.8) is 0 Å². The topological polar surface area (TPSA) is 20.3 Å². The molecule has 0 aliphatic carbocycles. The lowest BCUT2D eigenvalue weighted by molar-refractivity contribution is 0.0778. The molecule has 0 bridgehead atoms. The Balaban J connectivity index is 2.91. The molecule has 4 heteroatoms. The van der Waals surface area contributed by atoms with E-state index in [1.54, 1.807) is 18.0 Å². The second-order valence-corrected chi connectivity index (χ2v) is 5.06. The lowest BCUT2D eigenvalue weighted by atomic mass is 10.1. The van der Waals surface area contributed by atoms with Crippen LogP contribution in [0.1, 0.15) is 24.2 Å². The van der Waals surface area contributed by atoms with Crippen LogP contribution >= 0.6 is 15.9 Å². The summed E-state index contributed by atoms with van der Waals surface area (Å²) in [6.45, 7) is 4.72. The number of hydrogen-bond donors (Lipinski definition) is 0. The minimum atomic E-state index is -0.399. The Bertz CT molecular complexity index is 393. The Labute approximate surface area is 104 Å². The van der Waals surface area contributed by atoms with E-state index < -0.39 is 5.82 Å². The second-order valence-electron chi connectivity index (χ2n) is 4.20. The second kappa shape index (κ2) is 5.43. The van der Waals surface area contributed by atoms with Gasteiger partial charge in [-0.15, -0.1) is 0 Å². The summed E-state index contributed by atoms with van der Waals surface area (Å²) in [5.74, 6) is -0.175. The molecule has 0 fully saturated rings. The first-order valence-electron chi connectivity index (χ1n) is 5.12. The Morgan fingerprint density at radius 2 is 2.12 bits per heavy atom. The molecule has 1 aromatic rings. The average Bonchev–Trinajstić information content (AvgIpc) is 2.19. The van der Waals surface area contributed by atoms with Crippen LogP contribution in [0.3, 0.4) is 0 Å². The Morgan fingerprint density at radius 1 is 1.50 bits per heavy atom. The molecular formula is C12H15BrFNO. The van der Waals surface area contributed by atoms with E-state index in [2.05, 4.69) is 15.9 Å². The predicted molar refractivity (Wildman–Crippen MR) is 65.9 cm³/mol. The Kier molecular flexibility index (Phi) is 4.47. The van der Waals surface area contributed by atoms with Crippen molar-refractivity contribution in [3.8, 4) is 0 Å². The summed E-state index contributed by atoms with van der Waals surface area (Å²) >= 11 is 3.25. The van der Waals surface area contributed by atoms with Crippen molar-refractivity contribution in [2.75, 3.05) is 13.6 Å². The van der Waals surface area contributed by atoms with Gasteiger partial charge in [-0.3, -0.25) is 4.79 Å².